The van der Waals surface area contributed by atoms with Crippen LogP contribution in [0.5, 0.6) is 0 Å². The maximum absolute atomic E-state index is 12.7. The van der Waals surface area contributed by atoms with Gasteiger partial charge in [-0.15, -0.1) is 0 Å². The molecule has 0 radical (unpaired) electrons. The first kappa shape index (κ1) is 27.9. The standard InChI is InChI=1S/C31H36N8O2/c1-19(39-14-4-5-25(39)17-32)18-35-13-12-31(29-36-30(41)38(3)37-29)26-10-8-21(20(2)33)15-22(26)6-7-23-16-24(28(34)40)9-11-27(23)31/h8-11,15-16,25,35H,1-2,4-7,12-14,18,33H2,3H3,(H2,34,40)(H,36,37,41). The second-order valence-corrected chi connectivity index (χ2v) is 10.9. The summed E-state index contributed by atoms with van der Waals surface area (Å²) in [4.78, 5) is 29.9. The summed E-state index contributed by atoms with van der Waals surface area (Å²) in [7, 11) is 1.62. The van der Waals surface area contributed by atoms with E-state index < -0.39 is 11.3 Å². The highest BCUT2D eigenvalue weighted by atomic mass is 16.2. The smallest absolute Gasteiger partial charge is 0.343 e. The highest BCUT2D eigenvalue weighted by molar-refractivity contribution is 5.93. The number of aromatic amines is 1. The van der Waals surface area contributed by atoms with Crippen molar-refractivity contribution in [2.45, 2.75) is 43.6 Å². The molecular formula is C31H36N8O2. The van der Waals surface area contributed by atoms with Crippen LogP contribution in [0, 0.1) is 11.3 Å². The predicted octanol–water partition coefficient (Wildman–Crippen LogP) is 2.05. The lowest BCUT2D eigenvalue weighted by atomic mass is 9.69. The zero-order valence-corrected chi connectivity index (χ0v) is 23.4. The number of likely N-dealkylation sites (tertiary alicyclic amines) is 1. The molecule has 1 fully saturated rings. The third-order valence-electron chi connectivity index (χ3n) is 8.44. The van der Waals surface area contributed by atoms with Gasteiger partial charge in [0.2, 0.25) is 5.91 Å². The molecule has 5 rings (SSSR count). The van der Waals surface area contributed by atoms with Gasteiger partial charge in [0.25, 0.3) is 0 Å². The number of hydrogen-bond donors (Lipinski definition) is 4. The number of aromatic nitrogens is 3. The number of nitriles is 1. The molecule has 6 N–H and O–H groups in total. The van der Waals surface area contributed by atoms with E-state index in [2.05, 4.69) is 45.6 Å². The lowest BCUT2D eigenvalue weighted by Crippen LogP contribution is -2.38. The molecule has 1 aliphatic heterocycles. The first-order valence-corrected chi connectivity index (χ1v) is 13.9. The van der Waals surface area contributed by atoms with Gasteiger partial charge in [0.15, 0.2) is 0 Å². The van der Waals surface area contributed by atoms with Crippen LogP contribution in [-0.4, -0.2) is 51.2 Å². The van der Waals surface area contributed by atoms with Gasteiger partial charge in [-0.3, -0.25) is 9.78 Å². The summed E-state index contributed by atoms with van der Waals surface area (Å²) < 4.78 is 1.31. The van der Waals surface area contributed by atoms with Crippen molar-refractivity contribution >= 4 is 11.6 Å². The molecule has 1 aliphatic carbocycles. The maximum atomic E-state index is 12.7. The van der Waals surface area contributed by atoms with E-state index in [0.29, 0.717) is 49.4 Å². The van der Waals surface area contributed by atoms with Crippen LogP contribution >= 0.6 is 0 Å². The normalized spacial score (nSPS) is 19.6. The second kappa shape index (κ2) is 11.1. The summed E-state index contributed by atoms with van der Waals surface area (Å²) in [6, 6.07) is 13.8. The molecule has 2 atom stereocenters. The Kier molecular flexibility index (Phi) is 7.56. The minimum atomic E-state index is -0.844. The maximum Gasteiger partial charge on any atom is 0.343 e. The molecule has 0 spiro atoms. The average molecular weight is 553 g/mol. The van der Waals surface area contributed by atoms with Gasteiger partial charge in [0, 0.05) is 37.1 Å². The van der Waals surface area contributed by atoms with Crippen LogP contribution in [0.25, 0.3) is 5.70 Å². The number of hydrogen-bond acceptors (Lipinski definition) is 7. The Morgan fingerprint density at radius 2 is 1.83 bits per heavy atom. The van der Waals surface area contributed by atoms with E-state index in [1.165, 1.54) is 4.68 Å². The Morgan fingerprint density at radius 3 is 2.41 bits per heavy atom. The zero-order valence-electron chi connectivity index (χ0n) is 23.4. The van der Waals surface area contributed by atoms with Crippen LogP contribution in [0.3, 0.4) is 0 Å². The molecule has 1 saturated heterocycles. The van der Waals surface area contributed by atoms with Crippen molar-refractivity contribution in [1.82, 2.24) is 25.0 Å². The van der Waals surface area contributed by atoms with Crippen LogP contribution in [0.1, 0.15) is 63.3 Å². The van der Waals surface area contributed by atoms with Crippen molar-refractivity contribution in [1.29, 1.82) is 5.26 Å². The quantitative estimate of drug-likeness (QED) is 0.296. The summed E-state index contributed by atoms with van der Waals surface area (Å²) in [5.41, 5.74) is 17.2. The van der Waals surface area contributed by atoms with E-state index in [4.69, 9.17) is 11.5 Å². The molecule has 2 aromatic carbocycles. The molecular weight excluding hydrogens is 516 g/mol. The van der Waals surface area contributed by atoms with Crippen LogP contribution in [0.15, 0.2) is 60.0 Å². The first-order chi connectivity index (χ1) is 19.6. The summed E-state index contributed by atoms with van der Waals surface area (Å²) in [5, 5.41) is 17.7. The van der Waals surface area contributed by atoms with Gasteiger partial charge in [-0.05, 0) is 84.7 Å². The van der Waals surface area contributed by atoms with Gasteiger partial charge in [0.05, 0.1) is 11.5 Å². The number of carbonyl (C=O) groups is 1. The Bertz CT molecular complexity index is 1560. The number of nitrogens with two attached hydrogens (primary N) is 2. The molecule has 3 aromatic rings. The lowest BCUT2D eigenvalue weighted by molar-refractivity contribution is 0.1000. The fourth-order valence-electron chi connectivity index (χ4n) is 6.33. The monoisotopic (exact) mass is 552 g/mol. The minimum absolute atomic E-state index is 0.138. The molecule has 1 amide bonds. The SMILES string of the molecule is C=C(N)c1ccc2c(c1)CCc1cc(C(N)=O)ccc1C2(CCNCC(=C)N1CCCC1C#N)c1nn(C)c(=O)[nH]1. The van der Waals surface area contributed by atoms with E-state index >= 15 is 0 Å². The van der Waals surface area contributed by atoms with Crippen LogP contribution in [0.2, 0.25) is 0 Å². The second-order valence-electron chi connectivity index (χ2n) is 10.9. The largest absolute Gasteiger partial charge is 0.399 e. The summed E-state index contributed by atoms with van der Waals surface area (Å²) >= 11 is 0. The van der Waals surface area contributed by atoms with Gasteiger partial charge in [0.1, 0.15) is 11.9 Å². The minimum Gasteiger partial charge on any atom is -0.399 e. The number of carbonyl (C=O) groups excluding carboxylic acids is 1. The number of aryl methyl sites for hydroxylation is 3. The summed E-state index contributed by atoms with van der Waals surface area (Å²) in [6.45, 7) is 10.1. The van der Waals surface area contributed by atoms with Gasteiger partial charge in [-0.1, -0.05) is 31.4 Å². The van der Waals surface area contributed by atoms with Crippen molar-refractivity contribution in [3.63, 3.8) is 0 Å². The van der Waals surface area contributed by atoms with Gasteiger partial charge >= 0.3 is 5.69 Å². The molecule has 212 valence electrons. The van der Waals surface area contributed by atoms with Gasteiger partial charge < -0.3 is 21.7 Å². The fourth-order valence-corrected chi connectivity index (χ4v) is 6.33. The fraction of sp³-hybridized carbons (Fsp3) is 0.355. The molecule has 10 nitrogen and oxygen atoms in total. The first-order valence-electron chi connectivity index (χ1n) is 13.9. The lowest BCUT2D eigenvalue weighted by Gasteiger charge is -2.35. The van der Waals surface area contributed by atoms with E-state index in [-0.39, 0.29) is 11.7 Å². The van der Waals surface area contributed by atoms with Crippen molar-refractivity contribution < 1.29 is 4.79 Å². The molecule has 10 heteroatoms. The highest BCUT2D eigenvalue weighted by Gasteiger charge is 2.44. The number of fused-ring (bicyclic) bond motifs is 2. The van der Waals surface area contributed by atoms with Crippen molar-refractivity contribution in [2.24, 2.45) is 18.5 Å². The number of rotatable bonds is 9. The molecule has 2 unspecified atom stereocenters. The number of primary amides is 1. The molecule has 2 aliphatic rings. The Morgan fingerprint density at radius 1 is 1.17 bits per heavy atom. The summed E-state index contributed by atoms with van der Waals surface area (Å²) in [5.74, 6) is 0.0242. The van der Waals surface area contributed by atoms with E-state index in [1.54, 1.807) is 13.1 Å². The number of H-pyrrole nitrogens is 1. The third kappa shape index (κ3) is 5.05. The number of amides is 1. The number of nitrogens with one attached hydrogen (secondary N) is 2. The topological polar surface area (TPSA) is 159 Å². The zero-order chi connectivity index (χ0) is 29.3. The van der Waals surface area contributed by atoms with Gasteiger partial charge in [-0.2, -0.15) is 10.4 Å². The van der Waals surface area contributed by atoms with Crippen LogP contribution in [-0.2, 0) is 25.3 Å². The molecule has 0 saturated carbocycles. The predicted molar refractivity (Wildman–Crippen MR) is 158 cm³/mol. The number of nitrogens with zero attached hydrogens (tertiary/aromatic N) is 4. The van der Waals surface area contributed by atoms with Crippen molar-refractivity contribution in [3.05, 3.63) is 105 Å². The summed E-state index contributed by atoms with van der Waals surface area (Å²) in [6.07, 6.45) is 3.74. The molecule has 1 aromatic heterocycles. The third-order valence-corrected chi connectivity index (χ3v) is 8.44. The Balaban J connectivity index is 1.60. The van der Waals surface area contributed by atoms with Crippen molar-refractivity contribution in [2.75, 3.05) is 19.6 Å². The van der Waals surface area contributed by atoms with Gasteiger partial charge in [-0.25, -0.2) is 9.48 Å². The molecule has 0 bridgehead atoms. The van der Waals surface area contributed by atoms with E-state index in [1.807, 2.05) is 24.3 Å². The van der Waals surface area contributed by atoms with E-state index in [9.17, 15) is 14.9 Å². The number of benzene rings is 2. The van der Waals surface area contributed by atoms with Crippen LogP contribution < -0.4 is 22.5 Å². The average Bonchev–Trinajstić information content (AvgIpc) is 3.54. The Labute approximate surface area is 239 Å². The van der Waals surface area contributed by atoms with E-state index in [0.717, 1.165) is 52.9 Å². The molecule has 2 heterocycles. The molecule has 41 heavy (non-hydrogen) atoms. The van der Waals surface area contributed by atoms with Crippen molar-refractivity contribution in [3.8, 4) is 6.07 Å². The Hall–Kier alpha value is -4.62. The highest BCUT2D eigenvalue weighted by Crippen LogP contribution is 2.46. The van der Waals surface area contributed by atoms with Crippen LogP contribution in [0.4, 0.5) is 0 Å².